The van der Waals surface area contributed by atoms with Gasteiger partial charge in [-0.15, -0.1) is 4.91 Å². The molecule has 2 aromatic rings. The van der Waals surface area contributed by atoms with Crippen molar-refractivity contribution in [3.63, 3.8) is 0 Å². The fourth-order valence-corrected chi connectivity index (χ4v) is 1.87. The third-order valence-corrected chi connectivity index (χ3v) is 2.79. The predicted molar refractivity (Wildman–Crippen MR) is 52.3 cm³/mol. The van der Waals surface area contributed by atoms with E-state index in [9.17, 15) is 18.1 Å². The van der Waals surface area contributed by atoms with Gasteiger partial charge in [0.05, 0.1) is 11.9 Å². The van der Waals surface area contributed by atoms with Crippen LogP contribution in [0.2, 0.25) is 0 Å². The van der Waals surface area contributed by atoms with Crippen molar-refractivity contribution in [3.05, 3.63) is 16.1 Å². The van der Waals surface area contributed by atoms with Gasteiger partial charge in [0.1, 0.15) is 10.3 Å². The second-order valence-electron chi connectivity index (χ2n) is 2.82. The highest BCUT2D eigenvalue weighted by molar-refractivity contribution is 7.18. The van der Waals surface area contributed by atoms with Crippen LogP contribution in [0, 0.1) is 4.91 Å². The summed E-state index contributed by atoms with van der Waals surface area (Å²) < 4.78 is 37.0. The number of pyridine rings is 1. The van der Waals surface area contributed by atoms with Crippen LogP contribution in [-0.2, 0) is 6.18 Å². The van der Waals surface area contributed by atoms with Gasteiger partial charge in [0.2, 0.25) is 5.01 Å². The van der Waals surface area contributed by atoms with Gasteiger partial charge < -0.3 is 5.73 Å². The number of nitroso groups, excluding NO2 is 1. The molecule has 9 heteroatoms. The van der Waals surface area contributed by atoms with Crippen molar-refractivity contribution in [3.8, 4) is 0 Å². The molecular weight excluding hydrogens is 245 g/mol. The number of halogens is 3. The normalized spacial score (nSPS) is 11.9. The Bertz CT molecular complexity index is 564. The molecule has 0 aliphatic rings. The predicted octanol–water partition coefficient (Wildman–Crippen LogP) is 2.69. The van der Waals surface area contributed by atoms with Crippen LogP contribution in [0.1, 0.15) is 5.01 Å². The van der Waals surface area contributed by atoms with Gasteiger partial charge in [-0.05, 0) is 5.18 Å². The summed E-state index contributed by atoms with van der Waals surface area (Å²) in [7, 11) is 0. The van der Waals surface area contributed by atoms with Crippen LogP contribution in [0.15, 0.2) is 11.4 Å². The van der Waals surface area contributed by atoms with Crippen molar-refractivity contribution in [2.24, 2.45) is 5.18 Å². The Morgan fingerprint density at radius 1 is 1.44 bits per heavy atom. The second-order valence-corrected chi connectivity index (χ2v) is 3.80. The Kier molecular flexibility index (Phi) is 2.26. The number of nitrogen functional groups attached to an aromatic ring is 1. The van der Waals surface area contributed by atoms with Gasteiger partial charge in [0.15, 0.2) is 5.69 Å². The maximum atomic E-state index is 12.3. The molecule has 0 aliphatic heterocycles. The molecule has 0 radical (unpaired) electrons. The van der Waals surface area contributed by atoms with Crippen LogP contribution in [0.5, 0.6) is 0 Å². The maximum absolute atomic E-state index is 12.3. The number of anilines is 1. The van der Waals surface area contributed by atoms with E-state index >= 15 is 0 Å². The van der Waals surface area contributed by atoms with Gasteiger partial charge in [0, 0.05) is 0 Å². The number of thiazole rings is 1. The molecule has 0 amide bonds. The number of nitrogens with zero attached hydrogens (tertiary/aromatic N) is 3. The van der Waals surface area contributed by atoms with E-state index in [1.807, 2.05) is 0 Å². The average molecular weight is 248 g/mol. The number of hydrogen-bond donors (Lipinski definition) is 1. The van der Waals surface area contributed by atoms with E-state index in [0.29, 0.717) is 11.3 Å². The van der Waals surface area contributed by atoms with E-state index in [1.165, 1.54) is 0 Å². The van der Waals surface area contributed by atoms with Crippen LogP contribution in [0.4, 0.5) is 24.5 Å². The molecule has 2 heterocycles. The summed E-state index contributed by atoms with van der Waals surface area (Å²) in [6, 6.07) is 0. The number of aromatic nitrogens is 2. The van der Waals surface area contributed by atoms with Gasteiger partial charge in [-0.25, -0.2) is 9.97 Å². The zero-order chi connectivity index (χ0) is 11.9. The van der Waals surface area contributed by atoms with Crippen molar-refractivity contribution in [1.82, 2.24) is 9.97 Å². The molecule has 2 aromatic heterocycles. The lowest BCUT2D eigenvalue weighted by Crippen LogP contribution is -2.03. The Morgan fingerprint density at radius 2 is 2.12 bits per heavy atom. The van der Waals surface area contributed by atoms with E-state index in [0.717, 1.165) is 6.20 Å². The van der Waals surface area contributed by atoms with Gasteiger partial charge in [-0.3, -0.25) is 0 Å². The van der Waals surface area contributed by atoms with Crippen LogP contribution < -0.4 is 5.73 Å². The zero-order valence-electron chi connectivity index (χ0n) is 7.45. The summed E-state index contributed by atoms with van der Waals surface area (Å²) in [4.78, 5) is 17.2. The van der Waals surface area contributed by atoms with E-state index in [4.69, 9.17) is 5.73 Å². The quantitative estimate of drug-likeness (QED) is 0.786. The lowest BCUT2D eigenvalue weighted by molar-refractivity contribution is -0.137. The molecule has 84 valence electrons. The van der Waals surface area contributed by atoms with Crippen molar-refractivity contribution in [2.75, 3.05) is 5.73 Å². The third-order valence-electron chi connectivity index (χ3n) is 1.79. The van der Waals surface area contributed by atoms with Gasteiger partial charge in [-0.2, -0.15) is 13.2 Å². The Balaban J connectivity index is 2.71. The molecule has 2 N–H and O–H groups in total. The molecule has 16 heavy (non-hydrogen) atoms. The Morgan fingerprint density at radius 3 is 2.69 bits per heavy atom. The number of hydrogen-bond acceptors (Lipinski definition) is 6. The Labute approximate surface area is 90.1 Å². The fourth-order valence-electron chi connectivity index (χ4n) is 1.08. The van der Waals surface area contributed by atoms with Gasteiger partial charge in [-0.1, -0.05) is 11.3 Å². The first kappa shape index (κ1) is 10.7. The molecule has 0 unspecified atom stereocenters. The van der Waals surface area contributed by atoms with Crippen LogP contribution in [0.25, 0.3) is 10.3 Å². The number of fused-ring (bicyclic) bond motifs is 1. The fraction of sp³-hybridized carbons (Fsp3) is 0.143. The number of rotatable bonds is 1. The van der Waals surface area contributed by atoms with E-state index in [2.05, 4.69) is 15.1 Å². The largest absolute Gasteiger partial charge is 0.443 e. The monoisotopic (exact) mass is 248 g/mol. The minimum absolute atomic E-state index is 0.0252. The molecule has 5 nitrogen and oxygen atoms in total. The molecule has 0 atom stereocenters. The lowest BCUT2D eigenvalue weighted by Gasteiger charge is -1.98. The molecule has 2 rings (SSSR count). The minimum Gasteiger partial charge on any atom is -0.395 e. The highest BCUT2D eigenvalue weighted by Crippen LogP contribution is 2.38. The highest BCUT2D eigenvalue weighted by Gasteiger charge is 2.35. The summed E-state index contributed by atoms with van der Waals surface area (Å²) >= 11 is 0.367. The molecular formula is C7H3F3N4OS. The van der Waals surface area contributed by atoms with Crippen molar-refractivity contribution >= 4 is 33.1 Å². The van der Waals surface area contributed by atoms with Crippen molar-refractivity contribution in [1.29, 1.82) is 0 Å². The summed E-state index contributed by atoms with van der Waals surface area (Å²) in [5.41, 5.74) is 4.88. The summed E-state index contributed by atoms with van der Waals surface area (Å²) in [5, 5.41) is 1.49. The van der Waals surface area contributed by atoms with Gasteiger partial charge in [0.25, 0.3) is 0 Å². The van der Waals surface area contributed by atoms with Crippen LogP contribution in [-0.4, -0.2) is 9.97 Å². The summed E-state index contributed by atoms with van der Waals surface area (Å²) in [6.07, 6.45) is -3.53. The maximum Gasteiger partial charge on any atom is 0.443 e. The molecule has 0 saturated carbocycles. The second kappa shape index (κ2) is 3.37. The summed E-state index contributed by atoms with van der Waals surface area (Å²) in [6.45, 7) is 0. The van der Waals surface area contributed by atoms with E-state index < -0.39 is 11.2 Å². The van der Waals surface area contributed by atoms with E-state index in [1.54, 1.807) is 0 Å². The number of alkyl halides is 3. The van der Waals surface area contributed by atoms with Crippen LogP contribution in [0.3, 0.4) is 0 Å². The smallest absolute Gasteiger partial charge is 0.395 e. The van der Waals surface area contributed by atoms with Crippen molar-refractivity contribution in [2.45, 2.75) is 6.18 Å². The molecule has 0 fully saturated rings. The van der Waals surface area contributed by atoms with Gasteiger partial charge >= 0.3 is 6.18 Å². The first-order chi connectivity index (χ1) is 7.43. The average Bonchev–Trinajstić information content (AvgIpc) is 2.62. The molecule has 0 aromatic carbocycles. The molecule has 0 aliphatic carbocycles. The SMILES string of the molecule is Nc1c(N=O)cnc2sc(C(F)(F)F)nc12. The van der Waals surface area contributed by atoms with E-state index in [-0.39, 0.29) is 21.7 Å². The first-order valence-electron chi connectivity index (χ1n) is 3.89. The minimum atomic E-state index is -4.55. The third kappa shape index (κ3) is 1.58. The molecule has 0 saturated heterocycles. The Hall–Kier alpha value is -1.77. The first-order valence-corrected chi connectivity index (χ1v) is 4.70. The topological polar surface area (TPSA) is 81.2 Å². The highest BCUT2D eigenvalue weighted by atomic mass is 32.1. The number of nitrogens with two attached hydrogens (primary N) is 1. The molecule has 0 bridgehead atoms. The van der Waals surface area contributed by atoms with Crippen molar-refractivity contribution < 1.29 is 13.2 Å². The standard InChI is InChI=1S/C7H3F3N4OS/c8-7(9,10)6-13-4-3(11)2(14-15)1-12-5(4)16-6/h1H,(H2,11,12). The van der Waals surface area contributed by atoms with Crippen LogP contribution >= 0.6 is 11.3 Å². The zero-order valence-corrected chi connectivity index (χ0v) is 8.26. The summed E-state index contributed by atoms with van der Waals surface area (Å²) in [5.74, 6) is 0. The molecule has 0 spiro atoms. The lowest BCUT2D eigenvalue weighted by atomic mass is 10.3.